The number of nitrogens with two attached hydrogens (primary N) is 1. The van der Waals surface area contributed by atoms with Crippen molar-refractivity contribution in [2.24, 2.45) is 5.73 Å². The van der Waals surface area contributed by atoms with Gasteiger partial charge < -0.3 is 10.5 Å². The highest BCUT2D eigenvalue weighted by Gasteiger charge is 2.25. The van der Waals surface area contributed by atoms with Crippen LogP contribution < -0.4 is 5.73 Å². The predicted molar refractivity (Wildman–Crippen MR) is 87.3 cm³/mol. The van der Waals surface area contributed by atoms with E-state index in [0.717, 1.165) is 18.5 Å². The molecule has 2 heterocycles. The molecule has 1 aromatic heterocycles. The van der Waals surface area contributed by atoms with E-state index in [1.807, 2.05) is 36.1 Å². The Morgan fingerprint density at radius 2 is 2.04 bits per heavy atom. The molecule has 1 aliphatic heterocycles. The number of tetrazole rings is 1. The molecule has 0 aliphatic carbocycles. The van der Waals surface area contributed by atoms with Crippen molar-refractivity contribution in [3.05, 3.63) is 35.7 Å². The topological polar surface area (TPSA) is 99.2 Å². The van der Waals surface area contributed by atoms with Gasteiger partial charge in [-0.2, -0.15) is 4.68 Å². The Morgan fingerprint density at radius 1 is 1.33 bits per heavy atom. The van der Waals surface area contributed by atoms with Crippen molar-refractivity contribution in [1.29, 1.82) is 0 Å². The molecule has 24 heavy (non-hydrogen) atoms. The van der Waals surface area contributed by atoms with Gasteiger partial charge in [-0.3, -0.25) is 9.69 Å². The molecule has 8 nitrogen and oxygen atoms in total. The number of carbonyl (C=O) groups is 1. The molecule has 0 radical (unpaired) electrons. The third kappa shape index (κ3) is 3.95. The molecule has 2 aromatic rings. The fourth-order valence-corrected chi connectivity index (χ4v) is 2.94. The van der Waals surface area contributed by atoms with Gasteiger partial charge in [0, 0.05) is 19.3 Å². The van der Waals surface area contributed by atoms with Crippen LogP contribution in [0.2, 0.25) is 0 Å². The second kappa shape index (κ2) is 7.50. The first-order chi connectivity index (χ1) is 11.6. The molecular weight excluding hydrogens is 308 g/mol. The summed E-state index contributed by atoms with van der Waals surface area (Å²) < 4.78 is 7.11. The fraction of sp³-hybridized carbons (Fsp3) is 0.500. The van der Waals surface area contributed by atoms with Crippen molar-refractivity contribution in [2.45, 2.75) is 32.4 Å². The molecule has 0 bridgehead atoms. The number of amides is 1. The molecule has 0 spiro atoms. The van der Waals surface area contributed by atoms with Crippen LogP contribution in [-0.2, 0) is 16.1 Å². The maximum atomic E-state index is 11.5. The second-order valence-corrected chi connectivity index (χ2v) is 6.06. The van der Waals surface area contributed by atoms with Gasteiger partial charge in [-0.25, -0.2) is 0 Å². The summed E-state index contributed by atoms with van der Waals surface area (Å²) in [5, 5.41) is 12.0. The van der Waals surface area contributed by atoms with Gasteiger partial charge in [0.05, 0.1) is 18.8 Å². The van der Waals surface area contributed by atoms with Gasteiger partial charge in [-0.05, 0) is 42.3 Å². The molecule has 1 saturated heterocycles. The third-order valence-corrected chi connectivity index (χ3v) is 4.22. The van der Waals surface area contributed by atoms with Crippen LogP contribution >= 0.6 is 0 Å². The van der Waals surface area contributed by atoms with Gasteiger partial charge in [0.15, 0.2) is 5.82 Å². The summed E-state index contributed by atoms with van der Waals surface area (Å²) in [4.78, 5) is 13.5. The van der Waals surface area contributed by atoms with Crippen LogP contribution in [-0.4, -0.2) is 56.8 Å². The minimum absolute atomic E-state index is 0.186. The number of nitrogens with zero attached hydrogens (tertiary/aromatic N) is 5. The molecule has 1 aromatic carbocycles. The zero-order chi connectivity index (χ0) is 16.9. The van der Waals surface area contributed by atoms with Crippen LogP contribution in [0.5, 0.6) is 0 Å². The average Bonchev–Trinajstić information content (AvgIpc) is 3.03. The summed E-state index contributed by atoms with van der Waals surface area (Å²) in [7, 11) is 0. The highest BCUT2D eigenvalue weighted by atomic mass is 16.5. The fourth-order valence-electron chi connectivity index (χ4n) is 2.94. The number of aryl methyl sites for hydroxylation is 1. The van der Waals surface area contributed by atoms with Crippen LogP contribution in [0.15, 0.2) is 24.3 Å². The second-order valence-electron chi connectivity index (χ2n) is 6.06. The van der Waals surface area contributed by atoms with Gasteiger partial charge >= 0.3 is 0 Å². The number of benzene rings is 1. The van der Waals surface area contributed by atoms with E-state index in [9.17, 15) is 4.79 Å². The number of aromatic nitrogens is 4. The van der Waals surface area contributed by atoms with Gasteiger partial charge in [-0.15, -0.1) is 5.10 Å². The molecule has 128 valence electrons. The van der Waals surface area contributed by atoms with E-state index in [1.54, 1.807) is 4.68 Å². The Kier molecular flexibility index (Phi) is 5.17. The summed E-state index contributed by atoms with van der Waals surface area (Å²) in [6.45, 7) is 4.08. The first-order valence-electron chi connectivity index (χ1n) is 8.08. The van der Waals surface area contributed by atoms with Crippen molar-refractivity contribution < 1.29 is 9.53 Å². The van der Waals surface area contributed by atoms with Gasteiger partial charge in [0.1, 0.15) is 0 Å². The normalized spacial score (nSPS) is 15.8. The summed E-state index contributed by atoms with van der Waals surface area (Å²) in [5.74, 6) is 0.336. The smallest absolute Gasteiger partial charge is 0.231 e. The largest absolute Gasteiger partial charge is 0.381 e. The summed E-state index contributed by atoms with van der Waals surface area (Å²) in [6, 6.07) is 8.22. The molecule has 2 N–H and O–H groups in total. The first kappa shape index (κ1) is 16.5. The van der Waals surface area contributed by atoms with Crippen molar-refractivity contribution in [3.8, 4) is 5.69 Å². The van der Waals surface area contributed by atoms with Crippen molar-refractivity contribution in [2.75, 3.05) is 19.8 Å². The standard InChI is InChI=1S/C16H22N6O2/c1-12-2-4-14(5-3-12)22-16(18-19-20-22)11-21(10-15(17)23)13-6-8-24-9-7-13/h2-5,13H,6-11H2,1H3,(H2,17,23). The molecule has 3 rings (SSSR count). The molecular formula is C16H22N6O2. The van der Waals surface area contributed by atoms with Gasteiger partial charge in [0.2, 0.25) is 5.91 Å². The number of primary amides is 1. The van der Waals surface area contributed by atoms with Gasteiger partial charge in [0.25, 0.3) is 0 Å². The van der Waals surface area contributed by atoms with Crippen LogP contribution in [0.4, 0.5) is 0 Å². The monoisotopic (exact) mass is 330 g/mol. The van der Waals surface area contributed by atoms with E-state index < -0.39 is 0 Å². The third-order valence-electron chi connectivity index (χ3n) is 4.22. The molecule has 0 unspecified atom stereocenters. The minimum Gasteiger partial charge on any atom is -0.381 e. The van der Waals surface area contributed by atoms with E-state index in [0.29, 0.717) is 25.6 Å². The molecule has 0 atom stereocenters. The molecule has 1 aliphatic rings. The lowest BCUT2D eigenvalue weighted by molar-refractivity contribution is -0.120. The molecule has 1 amide bonds. The van der Waals surface area contributed by atoms with E-state index >= 15 is 0 Å². The lowest BCUT2D eigenvalue weighted by Gasteiger charge is -2.32. The number of carbonyl (C=O) groups excluding carboxylic acids is 1. The van der Waals surface area contributed by atoms with Crippen molar-refractivity contribution >= 4 is 5.91 Å². The number of ether oxygens (including phenoxy) is 1. The van der Waals surface area contributed by atoms with Crippen molar-refractivity contribution in [3.63, 3.8) is 0 Å². The summed E-state index contributed by atoms with van der Waals surface area (Å²) in [5.41, 5.74) is 7.49. The van der Waals surface area contributed by atoms with Crippen molar-refractivity contribution in [1.82, 2.24) is 25.1 Å². The van der Waals surface area contributed by atoms with E-state index in [2.05, 4.69) is 15.5 Å². The average molecular weight is 330 g/mol. The zero-order valence-corrected chi connectivity index (χ0v) is 13.8. The molecule has 0 saturated carbocycles. The van der Waals surface area contributed by atoms with E-state index in [4.69, 9.17) is 10.5 Å². The van der Waals surface area contributed by atoms with Gasteiger partial charge in [-0.1, -0.05) is 17.7 Å². The first-order valence-corrected chi connectivity index (χ1v) is 8.08. The molecule has 8 heteroatoms. The lowest BCUT2D eigenvalue weighted by atomic mass is 10.1. The van der Waals surface area contributed by atoms with Crippen LogP contribution in [0, 0.1) is 6.92 Å². The minimum atomic E-state index is -0.351. The van der Waals surface area contributed by atoms with E-state index in [-0.39, 0.29) is 18.5 Å². The predicted octanol–water partition coefficient (Wildman–Crippen LogP) is 0.437. The lowest BCUT2D eigenvalue weighted by Crippen LogP contribution is -2.44. The highest BCUT2D eigenvalue weighted by molar-refractivity contribution is 5.75. The quantitative estimate of drug-likeness (QED) is 0.825. The Hall–Kier alpha value is -2.32. The Labute approximate surface area is 140 Å². The highest BCUT2D eigenvalue weighted by Crippen LogP contribution is 2.17. The number of hydrogen-bond donors (Lipinski definition) is 1. The van der Waals surface area contributed by atoms with E-state index in [1.165, 1.54) is 5.56 Å². The summed E-state index contributed by atoms with van der Waals surface area (Å²) in [6.07, 6.45) is 1.75. The van der Waals surface area contributed by atoms with Crippen LogP contribution in [0.25, 0.3) is 5.69 Å². The zero-order valence-electron chi connectivity index (χ0n) is 13.8. The van der Waals surface area contributed by atoms with Crippen LogP contribution in [0.3, 0.4) is 0 Å². The Balaban J connectivity index is 1.80. The Morgan fingerprint density at radius 3 is 2.71 bits per heavy atom. The summed E-state index contributed by atoms with van der Waals surface area (Å²) >= 11 is 0. The maximum Gasteiger partial charge on any atom is 0.231 e. The van der Waals surface area contributed by atoms with Crippen LogP contribution in [0.1, 0.15) is 24.2 Å². The number of hydrogen-bond acceptors (Lipinski definition) is 6. The number of rotatable bonds is 6. The molecule has 1 fully saturated rings. The SMILES string of the molecule is Cc1ccc(-n2nnnc2CN(CC(N)=O)C2CCOCC2)cc1. The maximum absolute atomic E-state index is 11.5. The Bertz CT molecular complexity index is 678.